The Balaban J connectivity index is 1.43. The number of esters is 1. The van der Waals surface area contributed by atoms with Crippen molar-refractivity contribution in [3.05, 3.63) is 61.7 Å². The van der Waals surface area contributed by atoms with Crippen LogP contribution in [0.5, 0.6) is 0 Å². The maximum atomic E-state index is 15.2. The summed E-state index contributed by atoms with van der Waals surface area (Å²) in [4.78, 5) is 58.9. The molecule has 12 heteroatoms. The lowest BCUT2D eigenvalue weighted by Gasteiger charge is -2.31. The number of ether oxygens (including phenoxy) is 1. The molecule has 2 atom stereocenters. The molecule has 0 saturated carbocycles. The molecular weight excluding hydrogens is 595 g/mol. The standard InChI is InChI=1S/C34H39FN4O7/c1-4-6-7-8-28(42)38(11-12-40)16-27(41)36-24-10-9-19-18(3)23(35)14-25-29(19)30(24)20-15-39-26(31(20)37-25)13-22-21(32(39)43)17-46-33(44)34(22,45)5-2/h13-14,24,40,45H,4-12,15-17H2,1-3H3,(H,36,41)/t24?,34-/m0/s1. The molecule has 244 valence electrons. The zero-order valence-electron chi connectivity index (χ0n) is 26.4. The van der Waals surface area contributed by atoms with E-state index in [0.717, 1.165) is 29.4 Å². The van der Waals surface area contributed by atoms with Crippen molar-refractivity contribution in [3.63, 3.8) is 0 Å². The number of aliphatic hydroxyl groups is 2. The first-order chi connectivity index (χ1) is 22.0. The lowest BCUT2D eigenvalue weighted by Crippen LogP contribution is -2.44. The van der Waals surface area contributed by atoms with Crippen LogP contribution < -0.4 is 10.9 Å². The minimum absolute atomic E-state index is 0.00133. The number of unbranched alkanes of at least 4 members (excludes halogenated alkanes) is 2. The first-order valence-corrected chi connectivity index (χ1v) is 16.0. The van der Waals surface area contributed by atoms with Crippen molar-refractivity contribution in [2.45, 2.75) is 90.5 Å². The van der Waals surface area contributed by atoms with Crippen LogP contribution in [0, 0.1) is 12.7 Å². The maximum absolute atomic E-state index is 15.2. The van der Waals surface area contributed by atoms with Crippen LogP contribution in [0.2, 0.25) is 0 Å². The van der Waals surface area contributed by atoms with Crippen LogP contribution in [0.3, 0.4) is 0 Å². The molecule has 0 saturated heterocycles. The van der Waals surface area contributed by atoms with Crippen molar-refractivity contribution < 1.29 is 33.7 Å². The van der Waals surface area contributed by atoms with Crippen LogP contribution in [-0.4, -0.2) is 62.1 Å². The molecule has 2 aliphatic heterocycles. The quantitative estimate of drug-likeness (QED) is 0.178. The van der Waals surface area contributed by atoms with Gasteiger partial charge in [0, 0.05) is 35.5 Å². The summed E-state index contributed by atoms with van der Waals surface area (Å²) in [5.41, 5.74) is 1.88. The number of aliphatic hydroxyl groups excluding tert-OH is 1. The van der Waals surface area contributed by atoms with Gasteiger partial charge in [0.25, 0.3) is 5.56 Å². The van der Waals surface area contributed by atoms with Gasteiger partial charge in [0.1, 0.15) is 12.4 Å². The lowest BCUT2D eigenvalue weighted by atomic mass is 9.81. The van der Waals surface area contributed by atoms with E-state index in [1.807, 2.05) is 6.92 Å². The van der Waals surface area contributed by atoms with Gasteiger partial charge in [-0.15, -0.1) is 0 Å². The van der Waals surface area contributed by atoms with Gasteiger partial charge in [-0.2, -0.15) is 0 Å². The minimum Gasteiger partial charge on any atom is -0.458 e. The van der Waals surface area contributed by atoms with Crippen LogP contribution in [0.25, 0.3) is 22.3 Å². The summed E-state index contributed by atoms with van der Waals surface area (Å²) in [7, 11) is 0. The summed E-state index contributed by atoms with van der Waals surface area (Å²) in [6.45, 7) is 4.80. The van der Waals surface area contributed by atoms with Gasteiger partial charge in [-0.05, 0) is 55.4 Å². The highest BCUT2D eigenvalue weighted by atomic mass is 19.1. The number of cyclic esters (lactones) is 1. The normalized spacial score (nSPS) is 19.3. The molecular formula is C34H39FN4O7. The number of amides is 2. The Bertz CT molecular complexity index is 1840. The highest BCUT2D eigenvalue weighted by Crippen LogP contribution is 2.45. The van der Waals surface area contributed by atoms with E-state index in [-0.39, 0.29) is 56.3 Å². The Hall–Kier alpha value is -4.16. The summed E-state index contributed by atoms with van der Waals surface area (Å²) < 4.78 is 21.9. The van der Waals surface area contributed by atoms with Gasteiger partial charge in [0.15, 0.2) is 5.60 Å². The van der Waals surface area contributed by atoms with Gasteiger partial charge in [-0.3, -0.25) is 14.4 Å². The summed E-state index contributed by atoms with van der Waals surface area (Å²) in [6.07, 6.45) is 3.79. The van der Waals surface area contributed by atoms with Crippen molar-refractivity contribution in [3.8, 4) is 11.4 Å². The van der Waals surface area contributed by atoms with Crippen LogP contribution >= 0.6 is 0 Å². The molecule has 1 aliphatic carbocycles. The van der Waals surface area contributed by atoms with Crippen LogP contribution in [0.15, 0.2) is 16.9 Å². The van der Waals surface area contributed by atoms with E-state index in [1.165, 1.54) is 15.5 Å². The number of hydrogen-bond acceptors (Lipinski definition) is 8. The summed E-state index contributed by atoms with van der Waals surface area (Å²) in [6, 6.07) is 2.45. The average molecular weight is 635 g/mol. The second-order valence-corrected chi connectivity index (χ2v) is 12.5. The third-order valence-corrected chi connectivity index (χ3v) is 9.76. The zero-order chi connectivity index (χ0) is 32.9. The first-order valence-electron chi connectivity index (χ1n) is 16.0. The van der Waals surface area contributed by atoms with Gasteiger partial charge >= 0.3 is 5.97 Å². The average Bonchev–Trinajstić information content (AvgIpc) is 3.40. The van der Waals surface area contributed by atoms with Gasteiger partial charge in [0.2, 0.25) is 11.8 Å². The molecule has 1 aromatic carbocycles. The van der Waals surface area contributed by atoms with E-state index in [4.69, 9.17) is 9.72 Å². The third-order valence-electron chi connectivity index (χ3n) is 9.76. The highest BCUT2D eigenvalue weighted by molar-refractivity contribution is 5.94. The number of nitrogens with zero attached hydrogens (tertiary/aromatic N) is 3. The van der Waals surface area contributed by atoms with Gasteiger partial charge in [-0.1, -0.05) is 26.7 Å². The predicted molar refractivity (Wildman–Crippen MR) is 166 cm³/mol. The van der Waals surface area contributed by atoms with E-state index in [9.17, 15) is 29.4 Å². The molecule has 3 aliphatic rings. The number of aromatic nitrogens is 2. The van der Waals surface area contributed by atoms with Crippen molar-refractivity contribution in [1.82, 2.24) is 19.8 Å². The smallest absolute Gasteiger partial charge is 0.343 e. The molecule has 0 fully saturated rings. The highest BCUT2D eigenvalue weighted by Gasteiger charge is 2.46. The topological polar surface area (TPSA) is 151 Å². The van der Waals surface area contributed by atoms with Crippen LogP contribution in [0.4, 0.5) is 4.39 Å². The predicted octanol–water partition coefficient (Wildman–Crippen LogP) is 3.03. The Kier molecular flexibility index (Phi) is 8.45. The number of carbonyl (C=O) groups is 3. The van der Waals surface area contributed by atoms with E-state index in [0.29, 0.717) is 53.7 Å². The summed E-state index contributed by atoms with van der Waals surface area (Å²) >= 11 is 0. The number of pyridine rings is 2. The van der Waals surface area contributed by atoms with Crippen molar-refractivity contribution in [1.29, 1.82) is 0 Å². The van der Waals surface area contributed by atoms with Crippen molar-refractivity contribution in [2.75, 3.05) is 19.7 Å². The number of hydrogen-bond donors (Lipinski definition) is 3. The second kappa shape index (κ2) is 12.2. The molecule has 1 unspecified atom stereocenters. The summed E-state index contributed by atoms with van der Waals surface area (Å²) in [5, 5.41) is 24.6. The number of benzene rings is 1. The molecule has 0 bridgehead atoms. The Morgan fingerprint density at radius 2 is 1.98 bits per heavy atom. The third kappa shape index (κ3) is 5.07. The maximum Gasteiger partial charge on any atom is 0.343 e. The van der Waals surface area contributed by atoms with Gasteiger partial charge in [0.05, 0.1) is 48.2 Å². The van der Waals surface area contributed by atoms with E-state index in [1.54, 1.807) is 19.9 Å². The zero-order valence-corrected chi connectivity index (χ0v) is 26.4. The van der Waals surface area contributed by atoms with Gasteiger partial charge in [-0.25, -0.2) is 14.2 Å². The molecule has 0 radical (unpaired) electrons. The molecule has 3 aromatic rings. The molecule has 2 aromatic heterocycles. The molecule has 11 nitrogen and oxygen atoms in total. The summed E-state index contributed by atoms with van der Waals surface area (Å²) in [5.74, 6) is -1.82. The largest absolute Gasteiger partial charge is 0.458 e. The first kappa shape index (κ1) is 31.8. The Labute approximate surface area is 265 Å². The Morgan fingerprint density at radius 3 is 2.70 bits per heavy atom. The fourth-order valence-corrected chi connectivity index (χ4v) is 7.21. The molecule has 2 amide bonds. The SMILES string of the molecule is CCCCCC(=O)N(CCO)CC(=O)NC1CCc2c(C)c(F)cc3nc4c(c1c23)Cn1c-4cc2c(c1=O)COC(=O)[C@]2(O)CC. The number of carbonyl (C=O) groups excluding carboxylic acids is 3. The number of halogens is 1. The second-order valence-electron chi connectivity index (χ2n) is 12.5. The van der Waals surface area contributed by atoms with Crippen LogP contribution in [0.1, 0.15) is 91.8 Å². The number of fused-ring (bicyclic) bond motifs is 5. The lowest BCUT2D eigenvalue weighted by molar-refractivity contribution is -0.172. The van der Waals surface area contributed by atoms with E-state index < -0.39 is 34.9 Å². The van der Waals surface area contributed by atoms with Gasteiger partial charge < -0.3 is 29.7 Å². The van der Waals surface area contributed by atoms with Crippen LogP contribution in [-0.2, 0) is 44.3 Å². The molecule has 4 heterocycles. The molecule has 0 spiro atoms. The fourth-order valence-electron chi connectivity index (χ4n) is 7.21. The fraction of sp³-hybridized carbons (Fsp3) is 0.500. The van der Waals surface area contributed by atoms with Crippen molar-refractivity contribution >= 4 is 28.7 Å². The molecule has 46 heavy (non-hydrogen) atoms. The van der Waals surface area contributed by atoms with E-state index >= 15 is 4.39 Å². The minimum atomic E-state index is -1.99. The number of nitrogens with one attached hydrogen (secondary N) is 1. The molecule has 3 N–H and O–H groups in total. The Morgan fingerprint density at radius 1 is 1.20 bits per heavy atom. The number of rotatable bonds is 10. The monoisotopic (exact) mass is 634 g/mol. The molecule has 6 rings (SSSR count). The number of aryl methyl sites for hydroxylation is 1. The van der Waals surface area contributed by atoms with Crippen molar-refractivity contribution in [2.24, 2.45) is 0 Å². The van der Waals surface area contributed by atoms with E-state index in [2.05, 4.69) is 5.32 Å².